The number of unbranched alkanes of at least 4 members (excludes halogenated alkanes) is 4. The second-order valence-corrected chi connectivity index (χ2v) is 5.81. The summed E-state index contributed by atoms with van der Waals surface area (Å²) < 4.78 is 4.96. The Morgan fingerprint density at radius 2 is 1.76 bits per heavy atom. The highest BCUT2D eigenvalue weighted by Gasteiger charge is 2.34. The van der Waals surface area contributed by atoms with Crippen LogP contribution < -0.4 is 0 Å². The van der Waals surface area contributed by atoms with E-state index in [1.54, 1.807) is 0 Å². The summed E-state index contributed by atoms with van der Waals surface area (Å²) in [6.07, 6.45) is 8.11. The molecule has 0 aliphatic carbocycles. The number of carbonyl (C=O) groups is 1. The summed E-state index contributed by atoms with van der Waals surface area (Å²) in [6, 6.07) is 0. The maximum absolute atomic E-state index is 11.9. The molecule has 0 rings (SSSR count). The van der Waals surface area contributed by atoms with E-state index in [4.69, 9.17) is 4.74 Å². The lowest BCUT2D eigenvalue weighted by Gasteiger charge is -2.28. The first kappa shape index (κ1) is 16.5. The van der Waals surface area contributed by atoms with E-state index in [0.717, 1.165) is 19.3 Å². The first-order chi connectivity index (χ1) is 7.96. The molecule has 0 amide bonds. The molecule has 0 fully saturated rings. The van der Waals surface area contributed by atoms with Crippen LogP contribution in [0.4, 0.5) is 0 Å². The molecule has 1 atom stereocenters. The van der Waals surface area contributed by atoms with Crippen molar-refractivity contribution in [1.29, 1.82) is 0 Å². The van der Waals surface area contributed by atoms with Gasteiger partial charge in [0.1, 0.15) is 0 Å². The largest absolute Gasteiger partial charge is 0.469 e. The van der Waals surface area contributed by atoms with Crippen LogP contribution in [0.3, 0.4) is 0 Å². The molecule has 0 saturated carbocycles. The maximum Gasteiger partial charge on any atom is 0.311 e. The van der Waals surface area contributed by atoms with E-state index in [-0.39, 0.29) is 11.4 Å². The van der Waals surface area contributed by atoms with Gasteiger partial charge in [0.2, 0.25) is 0 Å². The molecule has 1 unspecified atom stereocenters. The van der Waals surface area contributed by atoms with E-state index in [2.05, 4.69) is 27.7 Å². The van der Waals surface area contributed by atoms with Crippen molar-refractivity contribution in [2.24, 2.45) is 11.3 Å². The fourth-order valence-electron chi connectivity index (χ4n) is 2.55. The SMILES string of the molecule is CCCCCCCC(C)(CC(C)C)C(=O)OC. The summed E-state index contributed by atoms with van der Waals surface area (Å²) in [4.78, 5) is 11.9. The van der Waals surface area contributed by atoms with Crippen LogP contribution in [-0.2, 0) is 9.53 Å². The summed E-state index contributed by atoms with van der Waals surface area (Å²) in [6.45, 7) is 8.60. The van der Waals surface area contributed by atoms with Crippen LogP contribution in [0.2, 0.25) is 0 Å². The average Bonchev–Trinajstić information content (AvgIpc) is 2.26. The molecule has 0 aliphatic heterocycles. The number of esters is 1. The predicted octanol–water partition coefficient (Wildman–Crippen LogP) is 4.57. The van der Waals surface area contributed by atoms with E-state index in [9.17, 15) is 4.79 Å². The molecule has 0 aromatic rings. The number of carbonyl (C=O) groups excluding carboxylic acids is 1. The van der Waals surface area contributed by atoms with Crippen molar-refractivity contribution < 1.29 is 9.53 Å². The van der Waals surface area contributed by atoms with Gasteiger partial charge in [-0.3, -0.25) is 4.79 Å². The van der Waals surface area contributed by atoms with E-state index >= 15 is 0 Å². The summed E-state index contributed by atoms with van der Waals surface area (Å²) in [5, 5.41) is 0. The Kier molecular flexibility index (Phi) is 8.28. The van der Waals surface area contributed by atoms with Gasteiger partial charge in [-0.25, -0.2) is 0 Å². The van der Waals surface area contributed by atoms with E-state index in [1.165, 1.54) is 32.8 Å². The van der Waals surface area contributed by atoms with Crippen molar-refractivity contribution in [2.45, 2.75) is 72.6 Å². The van der Waals surface area contributed by atoms with Gasteiger partial charge in [-0.15, -0.1) is 0 Å². The number of hydrogen-bond acceptors (Lipinski definition) is 2. The lowest BCUT2D eigenvalue weighted by molar-refractivity contribution is -0.153. The minimum absolute atomic E-state index is 0.0401. The molecular weight excluding hydrogens is 212 g/mol. The number of hydrogen-bond donors (Lipinski definition) is 0. The molecule has 0 heterocycles. The smallest absolute Gasteiger partial charge is 0.311 e. The minimum atomic E-state index is -0.283. The third kappa shape index (κ3) is 6.70. The monoisotopic (exact) mass is 242 g/mol. The molecule has 0 aliphatic rings. The Morgan fingerprint density at radius 3 is 2.24 bits per heavy atom. The fourth-order valence-corrected chi connectivity index (χ4v) is 2.55. The van der Waals surface area contributed by atoms with Crippen molar-refractivity contribution in [3.05, 3.63) is 0 Å². The van der Waals surface area contributed by atoms with Crippen LogP contribution in [-0.4, -0.2) is 13.1 Å². The molecule has 2 nitrogen and oxygen atoms in total. The van der Waals surface area contributed by atoms with Gasteiger partial charge < -0.3 is 4.74 Å². The van der Waals surface area contributed by atoms with Gasteiger partial charge in [-0.1, -0.05) is 52.9 Å². The third-order valence-corrected chi connectivity index (χ3v) is 3.37. The van der Waals surface area contributed by atoms with Crippen molar-refractivity contribution in [3.8, 4) is 0 Å². The Morgan fingerprint density at radius 1 is 1.18 bits per heavy atom. The molecule has 2 heteroatoms. The van der Waals surface area contributed by atoms with Crippen LogP contribution in [0.5, 0.6) is 0 Å². The molecule has 0 radical (unpaired) electrons. The molecule has 0 aromatic carbocycles. The summed E-state index contributed by atoms with van der Waals surface area (Å²) in [5.41, 5.74) is -0.283. The molecular formula is C15H30O2. The zero-order valence-corrected chi connectivity index (χ0v) is 12.3. The Balaban J connectivity index is 4.15. The Labute approximate surface area is 107 Å². The zero-order chi connectivity index (χ0) is 13.3. The van der Waals surface area contributed by atoms with Crippen LogP contribution in [0.1, 0.15) is 72.6 Å². The van der Waals surface area contributed by atoms with E-state index < -0.39 is 0 Å². The third-order valence-electron chi connectivity index (χ3n) is 3.37. The normalized spacial score (nSPS) is 14.7. The molecule has 0 bridgehead atoms. The Bertz CT molecular complexity index is 211. The van der Waals surface area contributed by atoms with E-state index in [1.807, 2.05) is 0 Å². The highest BCUT2D eigenvalue weighted by atomic mass is 16.5. The first-order valence-corrected chi connectivity index (χ1v) is 7.04. The van der Waals surface area contributed by atoms with Gasteiger partial charge in [-0.05, 0) is 25.7 Å². The standard InChI is InChI=1S/C15H30O2/c1-6-7-8-9-10-11-15(4,12-13(2)3)14(16)17-5/h13H,6-12H2,1-5H3. The zero-order valence-electron chi connectivity index (χ0n) is 12.3. The van der Waals surface area contributed by atoms with Gasteiger partial charge in [0, 0.05) is 0 Å². The molecule has 0 N–H and O–H groups in total. The topological polar surface area (TPSA) is 26.3 Å². The number of methoxy groups -OCH3 is 1. The lowest BCUT2D eigenvalue weighted by atomic mass is 9.78. The van der Waals surface area contributed by atoms with Gasteiger partial charge in [0.25, 0.3) is 0 Å². The van der Waals surface area contributed by atoms with Crippen LogP contribution >= 0.6 is 0 Å². The van der Waals surface area contributed by atoms with Gasteiger partial charge in [-0.2, -0.15) is 0 Å². The molecule has 17 heavy (non-hydrogen) atoms. The minimum Gasteiger partial charge on any atom is -0.469 e. The van der Waals surface area contributed by atoms with Crippen molar-refractivity contribution in [2.75, 3.05) is 7.11 Å². The molecule has 0 saturated heterocycles. The summed E-state index contributed by atoms with van der Waals surface area (Å²) in [7, 11) is 1.50. The van der Waals surface area contributed by atoms with Crippen molar-refractivity contribution in [1.82, 2.24) is 0 Å². The first-order valence-electron chi connectivity index (χ1n) is 7.04. The van der Waals surface area contributed by atoms with Crippen molar-refractivity contribution in [3.63, 3.8) is 0 Å². The Hall–Kier alpha value is -0.530. The second-order valence-electron chi connectivity index (χ2n) is 5.81. The second kappa shape index (κ2) is 8.54. The van der Waals surface area contributed by atoms with Crippen LogP contribution in [0, 0.1) is 11.3 Å². The van der Waals surface area contributed by atoms with Gasteiger partial charge >= 0.3 is 5.97 Å². The quantitative estimate of drug-likeness (QED) is 0.437. The number of ether oxygens (including phenoxy) is 1. The van der Waals surface area contributed by atoms with E-state index in [0.29, 0.717) is 5.92 Å². The highest BCUT2D eigenvalue weighted by molar-refractivity contribution is 5.76. The summed E-state index contributed by atoms with van der Waals surface area (Å²) in [5.74, 6) is 0.497. The van der Waals surface area contributed by atoms with Crippen molar-refractivity contribution >= 4 is 5.97 Å². The average molecular weight is 242 g/mol. The van der Waals surface area contributed by atoms with Crippen LogP contribution in [0.15, 0.2) is 0 Å². The van der Waals surface area contributed by atoms with Gasteiger partial charge in [0.05, 0.1) is 12.5 Å². The van der Waals surface area contributed by atoms with Gasteiger partial charge in [0.15, 0.2) is 0 Å². The summed E-state index contributed by atoms with van der Waals surface area (Å²) >= 11 is 0. The predicted molar refractivity (Wildman–Crippen MR) is 73.0 cm³/mol. The lowest BCUT2D eigenvalue weighted by Crippen LogP contribution is -2.30. The fraction of sp³-hybridized carbons (Fsp3) is 0.933. The molecule has 0 aromatic heterocycles. The molecule has 102 valence electrons. The molecule has 0 spiro atoms. The highest BCUT2D eigenvalue weighted by Crippen LogP contribution is 2.33. The maximum atomic E-state index is 11.9. The number of rotatable bonds is 9. The van der Waals surface area contributed by atoms with Crippen LogP contribution in [0.25, 0.3) is 0 Å².